The fraction of sp³-hybridized carbons (Fsp3) is 0.0141. The van der Waals surface area contributed by atoms with E-state index < -0.39 is 5.41 Å². The van der Waals surface area contributed by atoms with Gasteiger partial charge < -0.3 is 9.47 Å². The van der Waals surface area contributed by atoms with Crippen LogP contribution in [0.3, 0.4) is 0 Å². The van der Waals surface area contributed by atoms with Crippen molar-refractivity contribution in [2.75, 3.05) is 4.90 Å². The molecule has 0 fully saturated rings. The molecule has 1 aliphatic rings. The van der Waals surface area contributed by atoms with E-state index in [9.17, 15) is 0 Å². The molecule has 13 aromatic rings. The Morgan fingerprint density at radius 1 is 0.274 bits per heavy atom. The number of fused-ring (bicyclic) bond motifs is 7. The number of para-hydroxylation sites is 2. The summed E-state index contributed by atoms with van der Waals surface area (Å²) in [5.41, 5.74) is 20.9. The lowest BCUT2D eigenvalue weighted by Crippen LogP contribution is -2.28. The van der Waals surface area contributed by atoms with Crippen molar-refractivity contribution in [3.05, 3.63) is 313 Å². The summed E-state index contributed by atoms with van der Waals surface area (Å²) in [6, 6.07) is 107. The van der Waals surface area contributed by atoms with Crippen molar-refractivity contribution in [3.8, 4) is 50.2 Å². The fourth-order valence-corrected chi connectivity index (χ4v) is 11.9. The van der Waals surface area contributed by atoms with E-state index in [1.54, 1.807) is 0 Å². The van der Waals surface area contributed by atoms with Crippen LogP contribution >= 0.6 is 0 Å². The van der Waals surface area contributed by atoms with Gasteiger partial charge in [0.2, 0.25) is 0 Å². The smallest absolute Gasteiger partial charge is 0.0714 e. The number of anilines is 3. The molecular weight excluding hydrogens is 881 g/mol. The predicted octanol–water partition coefficient (Wildman–Crippen LogP) is 18.8. The molecule has 0 saturated heterocycles. The third-order valence-corrected chi connectivity index (χ3v) is 15.2. The molecule has 0 atom stereocenters. The minimum atomic E-state index is -0.530. The minimum absolute atomic E-state index is 0.530. The lowest BCUT2D eigenvalue weighted by Gasteiger charge is -2.35. The van der Waals surface area contributed by atoms with Crippen molar-refractivity contribution >= 4 is 49.6 Å². The molecule has 0 aliphatic heterocycles. The average Bonchev–Trinajstić information content (AvgIpc) is 3.97. The molecule has 14 rings (SSSR count). The molecule has 2 heteroatoms. The number of hydrogen-bond acceptors (Lipinski definition) is 1. The summed E-state index contributed by atoms with van der Waals surface area (Å²) in [6.45, 7) is 0. The Morgan fingerprint density at radius 2 is 0.808 bits per heavy atom. The highest BCUT2D eigenvalue weighted by Gasteiger charge is 2.46. The molecule has 1 aromatic heterocycles. The molecule has 0 bridgehead atoms. The highest BCUT2D eigenvalue weighted by Crippen LogP contribution is 2.57. The normalized spacial score (nSPS) is 12.5. The standard InChI is InChI=1S/C71H48N2/c1-4-23-57(24-5-1)71(58-25-6-2-7-26-58)67-32-14-12-30-63(67)64-42-41-62(48-68(64)71)72(60-39-36-50(37-40-60)55-35-34-49-18-10-11-19-51(49)44-55)61-29-17-22-54(46-61)52-20-16-21-53(45-52)56-38-43-70-66(47-56)65-31-13-15-33-69(65)73(70)59-27-8-3-9-28-59/h1-48H. The van der Waals surface area contributed by atoms with E-state index in [2.05, 4.69) is 301 Å². The van der Waals surface area contributed by atoms with Crippen LogP contribution in [0.15, 0.2) is 291 Å². The minimum Gasteiger partial charge on any atom is -0.310 e. The molecule has 73 heavy (non-hydrogen) atoms. The van der Waals surface area contributed by atoms with Gasteiger partial charge >= 0.3 is 0 Å². The molecule has 0 unspecified atom stereocenters. The molecule has 0 amide bonds. The first kappa shape index (κ1) is 42.4. The quantitative estimate of drug-likeness (QED) is 0.140. The van der Waals surface area contributed by atoms with Crippen LogP contribution in [-0.2, 0) is 5.41 Å². The van der Waals surface area contributed by atoms with Crippen LogP contribution in [0.2, 0.25) is 0 Å². The Morgan fingerprint density at radius 3 is 1.58 bits per heavy atom. The van der Waals surface area contributed by atoms with E-state index in [0.717, 1.165) is 33.9 Å². The number of rotatable bonds is 9. The van der Waals surface area contributed by atoms with Crippen LogP contribution in [0.4, 0.5) is 17.1 Å². The van der Waals surface area contributed by atoms with Gasteiger partial charge in [-0.25, -0.2) is 0 Å². The highest BCUT2D eigenvalue weighted by molar-refractivity contribution is 6.10. The van der Waals surface area contributed by atoms with Crippen molar-refractivity contribution in [2.24, 2.45) is 0 Å². The first-order valence-electron chi connectivity index (χ1n) is 25.2. The second-order valence-corrected chi connectivity index (χ2v) is 19.3. The molecule has 0 N–H and O–H groups in total. The summed E-state index contributed by atoms with van der Waals surface area (Å²) in [5, 5.41) is 4.97. The van der Waals surface area contributed by atoms with Crippen LogP contribution in [0.1, 0.15) is 22.3 Å². The number of hydrogen-bond donors (Lipinski definition) is 0. The highest BCUT2D eigenvalue weighted by atomic mass is 15.1. The van der Waals surface area contributed by atoms with Gasteiger partial charge in [0.25, 0.3) is 0 Å². The molecule has 1 aliphatic carbocycles. The van der Waals surface area contributed by atoms with Gasteiger partial charge in [0.15, 0.2) is 0 Å². The zero-order valence-corrected chi connectivity index (χ0v) is 40.1. The number of benzene rings is 12. The van der Waals surface area contributed by atoms with Crippen LogP contribution in [0, 0.1) is 0 Å². The Labute approximate surface area is 426 Å². The van der Waals surface area contributed by atoms with Crippen LogP contribution in [0.25, 0.3) is 82.8 Å². The van der Waals surface area contributed by atoms with E-state index in [0.29, 0.717) is 0 Å². The largest absolute Gasteiger partial charge is 0.310 e. The van der Waals surface area contributed by atoms with E-state index >= 15 is 0 Å². The molecule has 12 aromatic carbocycles. The zero-order valence-electron chi connectivity index (χ0n) is 40.1. The maximum atomic E-state index is 2.46. The topological polar surface area (TPSA) is 8.17 Å². The van der Waals surface area contributed by atoms with Crippen molar-refractivity contribution < 1.29 is 0 Å². The van der Waals surface area contributed by atoms with Gasteiger partial charge in [-0.05, 0) is 156 Å². The monoisotopic (exact) mass is 928 g/mol. The van der Waals surface area contributed by atoms with Crippen molar-refractivity contribution in [3.63, 3.8) is 0 Å². The van der Waals surface area contributed by atoms with Crippen LogP contribution < -0.4 is 4.90 Å². The van der Waals surface area contributed by atoms with E-state index in [1.165, 1.54) is 88.2 Å². The summed E-state index contributed by atoms with van der Waals surface area (Å²) in [5.74, 6) is 0. The summed E-state index contributed by atoms with van der Waals surface area (Å²) >= 11 is 0. The average molecular weight is 929 g/mol. The van der Waals surface area contributed by atoms with E-state index in [4.69, 9.17) is 0 Å². The Hall–Kier alpha value is -9.50. The van der Waals surface area contributed by atoms with Gasteiger partial charge in [0.1, 0.15) is 0 Å². The SMILES string of the molecule is c1ccc(-n2c3ccccc3c3cc(-c4cccc(-c5cccc(N(c6ccc(-c7ccc8ccccc8c7)cc6)c6ccc7c(c6)C(c6ccccc6)(c6ccccc6)c6ccccc6-7)c5)c4)ccc32)cc1. The molecule has 0 radical (unpaired) electrons. The van der Waals surface area contributed by atoms with Gasteiger partial charge in [-0.2, -0.15) is 0 Å². The molecular formula is C71H48N2. The van der Waals surface area contributed by atoms with Crippen molar-refractivity contribution in [2.45, 2.75) is 5.41 Å². The molecule has 342 valence electrons. The first-order valence-corrected chi connectivity index (χ1v) is 25.2. The Balaban J connectivity index is 0.912. The predicted molar refractivity (Wildman–Crippen MR) is 307 cm³/mol. The third kappa shape index (κ3) is 7.02. The fourth-order valence-electron chi connectivity index (χ4n) is 11.9. The van der Waals surface area contributed by atoms with Crippen LogP contribution in [-0.4, -0.2) is 4.57 Å². The zero-order chi connectivity index (χ0) is 48.3. The van der Waals surface area contributed by atoms with Crippen LogP contribution in [0.5, 0.6) is 0 Å². The van der Waals surface area contributed by atoms with E-state index in [-0.39, 0.29) is 0 Å². The van der Waals surface area contributed by atoms with E-state index in [1.807, 2.05) is 0 Å². The number of nitrogens with zero attached hydrogens (tertiary/aromatic N) is 2. The molecule has 0 saturated carbocycles. The lowest BCUT2D eigenvalue weighted by atomic mass is 9.67. The summed E-state index contributed by atoms with van der Waals surface area (Å²) < 4.78 is 2.38. The van der Waals surface area contributed by atoms with Gasteiger partial charge in [-0.3, -0.25) is 0 Å². The maximum Gasteiger partial charge on any atom is 0.0714 e. The van der Waals surface area contributed by atoms with Gasteiger partial charge in [-0.15, -0.1) is 0 Å². The van der Waals surface area contributed by atoms with Gasteiger partial charge in [0.05, 0.1) is 16.4 Å². The number of aromatic nitrogens is 1. The van der Waals surface area contributed by atoms with Crippen molar-refractivity contribution in [1.29, 1.82) is 0 Å². The van der Waals surface area contributed by atoms with Gasteiger partial charge in [-0.1, -0.05) is 212 Å². The molecule has 0 spiro atoms. The Kier molecular flexibility index (Phi) is 10.1. The Bertz CT molecular complexity index is 4150. The summed E-state index contributed by atoms with van der Waals surface area (Å²) in [7, 11) is 0. The summed E-state index contributed by atoms with van der Waals surface area (Å²) in [6.07, 6.45) is 0. The maximum absolute atomic E-state index is 2.46. The second-order valence-electron chi connectivity index (χ2n) is 19.3. The lowest BCUT2D eigenvalue weighted by molar-refractivity contribution is 0.768. The van der Waals surface area contributed by atoms with Crippen molar-refractivity contribution in [1.82, 2.24) is 4.57 Å². The first-order chi connectivity index (χ1) is 36.2. The third-order valence-electron chi connectivity index (χ3n) is 15.2. The second kappa shape index (κ2) is 17.4. The molecule has 1 heterocycles. The molecule has 2 nitrogen and oxygen atoms in total. The van der Waals surface area contributed by atoms with Gasteiger partial charge in [0, 0.05) is 33.5 Å². The summed E-state index contributed by atoms with van der Waals surface area (Å²) in [4.78, 5) is 2.44.